The molecule has 4 rings (SSSR count). The quantitative estimate of drug-likeness (QED) is 0.241. The Morgan fingerprint density at radius 1 is 0.400 bits per heavy atom. The van der Waals surface area contributed by atoms with Crippen molar-refractivity contribution in [1.29, 1.82) is 0 Å². The molecule has 3 heteroatoms. The van der Waals surface area contributed by atoms with E-state index >= 15 is 0 Å². The van der Waals surface area contributed by atoms with Crippen molar-refractivity contribution in [2.45, 2.75) is 84.7 Å². The molecular weight excluding hydrogens is 501 g/mol. The van der Waals surface area contributed by atoms with Gasteiger partial charge < -0.3 is 0 Å². The van der Waals surface area contributed by atoms with Crippen molar-refractivity contribution in [3.8, 4) is 33.4 Å². The topological polar surface area (TPSA) is 0 Å². The molecule has 0 saturated carbocycles. The van der Waals surface area contributed by atoms with E-state index in [1.54, 1.807) is 12.1 Å². The number of alkyl halides is 3. The highest BCUT2D eigenvalue weighted by Crippen LogP contribution is 2.50. The molecule has 0 aliphatic rings. The van der Waals surface area contributed by atoms with Gasteiger partial charge in [-0.15, -0.1) is 0 Å². The number of rotatable bonds is 3. The van der Waals surface area contributed by atoms with E-state index in [2.05, 4.69) is 98.7 Å². The predicted octanol–water partition coefficient (Wildman–Crippen LogP) is 11.6. The van der Waals surface area contributed by atoms with Crippen LogP contribution in [0.3, 0.4) is 0 Å². The van der Waals surface area contributed by atoms with Gasteiger partial charge in [0.1, 0.15) is 0 Å². The van der Waals surface area contributed by atoms with Gasteiger partial charge in [-0.2, -0.15) is 13.2 Å². The first kappa shape index (κ1) is 29.6. The molecule has 0 atom stereocenters. The number of benzene rings is 4. The smallest absolute Gasteiger partial charge is 0.166 e. The molecule has 0 unspecified atom stereocenters. The maximum atomic E-state index is 14.6. The van der Waals surface area contributed by atoms with Crippen LogP contribution in [0.15, 0.2) is 84.9 Å². The normalized spacial score (nSPS) is 13.0. The van der Waals surface area contributed by atoms with Crippen LogP contribution in [-0.4, -0.2) is 0 Å². The third kappa shape index (κ3) is 5.89. The highest BCUT2D eigenvalue weighted by Gasteiger charge is 2.36. The van der Waals surface area contributed by atoms with E-state index in [-0.39, 0.29) is 21.8 Å². The van der Waals surface area contributed by atoms with E-state index in [4.69, 9.17) is 0 Å². The van der Waals surface area contributed by atoms with Gasteiger partial charge >= 0.3 is 6.18 Å². The predicted molar refractivity (Wildman–Crippen MR) is 164 cm³/mol. The minimum Gasteiger partial charge on any atom is -0.166 e. The molecule has 0 N–H and O–H groups in total. The summed E-state index contributed by atoms with van der Waals surface area (Å²) in [6.45, 7) is 19.4. The first-order valence-corrected chi connectivity index (χ1v) is 14.0. The molecule has 0 saturated heterocycles. The zero-order chi connectivity index (χ0) is 29.7. The first-order chi connectivity index (χ1) is 18.4. The monoisotopic (exact) mass is 542 g/mol. The molecule has 0 nitrogen and oxygen atoms in total. The summed E-state index contributed by atoms with van der Waals surface area (Å²) in [5.74, 6) is 0. The zero-order valence-electron chi connectivity index (χ0n) is 25.2. The van der Waals surface area contributed by atoms with Crippen molar-refractivity contribution in [2.24, 2.45) is 0 Å². The molecule has 0 aliphatic heterocycles. The molecule has 0 aromatic heterocycles. The van der Waals surface area contributed by atoms with Gasteiger partial charge in [-0.05, 0) is 84.5 Å². The lowest BCUT2D eigenvalue weighted by atomic mass is 9.74. The van der Waals surface area contributed by atoms with Gasteiger partial charge in [-0.3, -0.25) is 0 Å². The molecule has 4 aromatic carbocycles. The standard InChI is InChI=1S/C37H41F3/c1-34(2,3)24-22-28(25-16-10-13-19-30(25)35(4,5)6)33(27-18-12-15-21-32(27)37(38,39)40)29(23-24)26-17-11-14-20-31(26)36(7,8)9/h10-23H,1-9H3. The Hall–Kier alpha value is -3.33. The van der Waals surface area contributed by atoms with Gasteiger partial charge in [-0.1, -0.05) is 129 Å². The van der Waals surface area contributed by atoms with Crippen LogP contribution in [0.4, 0.5) is 13.2 Å². The summed E-state index contributed by atoms with van der Waals surface area (Å²) in [5, 5.41) is 0. The van der Waals surface area contributed by atoms with Crippen molar-refractivity contribution in [2.75, 3.05) is 0 Å². The third-order valence-corrected chi connectivity index (χ3v) is 7.56. The first-order valence-electron chi connectivity index (χ1n) is 14.0. The van der Waals surface area contributed by atoms with E-state index in [1.807, 2.05) is 24.3 Å². The van der Waals surface area contributed by atoms with Crippen LogP contribution in [-0.2, 0) is 22.4 Å². The Morgan fingerprint density at radius 2 is 0.750 bits per heavy atom. The fourth-order valence-electron chi connectivity index (χ4n) is 5.48. The average molecular weight is 543 g/mol. The second-order valence-corrected chi connectivity index (χ2v) is 13.8. The molecule has 4 aromatic rings. The van der Waals surface area contributed by atoms with Gasteiger partial charge in [0, 0.05) is 0 Å². The molecule has 0 radical (unpaired) electrons. The summed E-state index contributed by atoms with van der Waals surface area (Å²) in [5.41, 5.74) is 6.41. The van der Waals surface area contributed by atoms with Crippen LogP contribution >= 0.6 is 0 Å². The van der Waals surface area contributed by atoms with Crippen LogP contribution in [0.25, 0.3) is 33.4 Å². The summed E-state index contributed by atoms with van der Waals surface area (Å²) in [7, 11) is 0. The average Bonchev–Trinajstić information content (AvgIpc) is 2.86. The largest absolute Gasteiger partial charge is 0.417 e. The minimum atomic E-state index is -4.50. The molecule has 0 spiro atoms. The summed E-state index contributed by atoms with van der Waals surface area (Å²) < 4.78 is 43.8. The van der Waals surface area contributed by atoms with Crippen molar-refractivity contribution < 1.29 is 13.2 Å². The van der Waals surface area contributed by atoms with E-state index in [9.17, 15) is 13.2 Å². The lowest BCUT2D eigenvalue weighted by molar-refractivity contribution is -0.137. The number of hydrogen-bond acceptors (Lipinski definition) is 0. The van der Waals surface area contributed by atoms with E-state index in [1.165, 1.54) is 12.1 Å². The Morgan fingerprint density at radius 3 is 1.10 bits per heavy atom. The summed E-state index contributed by atoms with van der Waals surface area (Å²) >= 11 is 0. The molecule has 40 heavy (non-hydrogen) atoms. The molecular formula is C37H41F3. The molecule has 0 bridgehead atoms. The van der Waals surface area contributed by atoms with Crippen LogP contribution in [0.1, 0.15) is 84.6 Å². The third-order valence-electron chi connectivity index (χ3n) is 7.56. The van der Waals surface area contributed by atoms with Crippen LogP contribution < -0.4 is 0 Å². The second-order valence-electron chi connectivity index (χ2n) is 13.8. The van der Waals surface area contributed by atoms with Crippen LogP contribution in [0, 0.1) is 0 Å². The fraction of sp³-hybridized carbons (Fsp3) is 0.351. The highest BCUT2D eigenvalue weighted by atomic mass is 19.4. The molecule has 210 valence electrons. The van der Waals surface area contributed by atoms with Gasteiger partial charge in [0.05, 0.1) is 5.56 Å². The van der Waals surface area contributed by atoms with Crippen LogP contribution in [0.5, 0.6) is 0 Å². The van der Waals surface area contributed by atoms with Gasteiger partial charge in [-0.25, -0.2) is 0 Å². The zero-order valence-corrected chi connectivity index (χ0v) is 25.2. The molecule has 0 heterocycles. The second kappa shape index (κ2) is 10.3. The maximum absolute atomic E-state index is 14.6. The number of halogens is 3. The lowest BCUT2D eigenvalue weighted by Crippen LogP contribution is -2.16. The molecule has 0 fully saturated rings. The fourth-order valence-corrected chi connectivity index (χ4v) is 5.48. The minimum absolute atomic E-state index is 0.202. The lowest BCUT2D eigenvalue weighted by Gasteiger charge is -2.30. The Kier molecular flexibility index (Phi) is 7.60. The van der Waals surface area contributed by atoms with Crippen molar-refractivity contribution >= 4 is 0 Å². The summed E-state index contributed by atoms with van der Waals surface area (Å²) in [4.78, 5) is 0. The van der Waals surface area contributed by atoms with E-state index in [0.717, 1.165) is 38.9 Å². The highest BCUT2D eigenvalue weighted by molar-refractivity contribution is 5.98. The van der Waals surface area contributed by atoms with Gasteiger partial charge in [0.25, 0.3) is 0 Å². The van der Waals surface area contributed by atoms with Gasteiger partial charge in [0.2, 0.25) is 0 Å². The Bertz CT molecular complexity index is 1440. The number of hydrogen-bond donors (Lipinski definition) is 0. The summed E-state index contributed by atoms with van der Waals surface area (Å²) in [6, 6.07) is 26.6. The van der Waals surface area contributed by atoms with Crippen molar-refractivity contribution in [1.82, 2.24) is 0 Å². The van der Waals surface area contributed by atoms with Gasteiger partial charge in [0.15, 0.2) is 0 Å². The molecule has 0 amide bonds. The SMILES string of the molecule is CC(C)(C)c1cc(-c2ccccc2C(C)(C)C)c(-c2ccccc2C(F)(F)F)c(-c2ccccc2C(C)(C)C)c1. The maximum Gasteiger partial charge on any atom is 0.417 e. The Balaban J connectivity index is 2.31. The van der Waals surface area contributed by atoms with Crippen molar-refractivity contribution in [3.63, 3.8) is 0 Å². The van der Waals surface area contributed by atoms with E-state index < -0.39 is 11.7 Å². The van der Waals surface area contributed by atoms with Crippen LogP contribution in [0.2, 0.25) is 0 Å². The summed E-state index contributed by atoms with van der Waals surface area (Å²) in [6.07, 6.45) is -4.50. The Labute approximate surface area is 238 Å². The van der Waals surface area contributed by atoms with E-state index in [0.29, 0.717) is 5.56 Å². The van der Waals surface area contributed by atoms with Crippen molar-refractivity contribution in [3.05, 3.63) is 107 Å². The molecule has 0 aliphatic carbocycles.